The molecule has 0 aliphatic carbocycles. The number of carbonyl (C=O) groups excluding carboxylic acids is 2. The molecule has 0 unspecified atom stereocenters. The van der Waals surface area contributed by atoms with Crippen LogP contribution in [-0.4, -0.2) is 116 Å². The van der Waals surface area contributed by atoms with Crippen molar-refractivity contribution in [3.8, 4) is 34.4 Å². The van der Waals surface area contributed by atoms with E-state index in [-0.39, 0.29) is 23.7 Å². The third-order valence-electron chi connectivity index (χ3n) is 13.8. The molecule has 2 saturated heterocycles. The molecule has 6 aromatic heterocycles. The molecule has 11 rings (SSSR count). The fraction of sp³-hybridized carbons (Fsp3) is 0.250. The number of nitriles is 2. The molecule has 2 aromatic carbocycles. The van der Waals surface area contributed by atoms with E-state index < -0.39 is 0 Å². The summed E-state index contributed by atoms with van der Waals surface area (Å²) in [5.74, 6) is 1.80. The second-order valence-electron chi connectivity index (χ2n) is 18.1. The molecule has 72 heavy (non-hydrogen) atoms. The molecular weight excluding hydrogens is 969 g/mol. The standard InChI is InChI=1S/C30H28N6O2.C26H23BrN6O/c1-21(22-5-3-2-4-6-22)30(37)35-12-10-34(11-13-35)28-8-7-23(17-32-28)27-15-25(24-9-14-38-20-24)19-36-29(27)26(16-31)18-33-36;1-18(19-5-3-2-4-6-19)26(34)32-11-9-31(10-12-32)24-8-7-20(15-29-24)23-13-22(27)17-33-25(23)21(14-28)16-30-33/h2-9,15,17-19,21H,10-14,20H2,1H3;2-8,13,15-18H,9-12H2,1H3/t21-;18-/m11/s1. The van der Waals surface area contributed by atoms with E-state index in [2.05, 4.69) is 60.2 Å². The van der Waals surface area contributed by atoms with Crippen molar-refractivity contribution < 1.29 is 14.3 Å². The highest BCUT2D eigenvalue weighted by Gasteiger charge is 2.28. The molecule has 15 nitrogen and oxygen atoms in total. The summed E-state index contributed by atoms with van der Waals surface area (Å²) in [5.41, 5.74) is 10.4. The van der Waals surface area contributed by atoms with Gasteiger partial charge in [0.1, 0.15) is 23.8 Å². The Hall–Kier alpha value is -8.18. The fourth-order valence-corrected chi connectivity index (χ4v) is 10.1. The number of amides is 2. The van der Waals surface area contributed by atoms with Crippen LogP contribution in [0.2, 0.25) is 0 Å². The predicted octanol–water partition coefficient (Wildman–Crippen LogP) is 8.62. The Labute approximate surface area is 425 Å². The van der Waals surface area contributed by atoms with Crippen molar-refractivity contribution in [1.82, 2.24) is 39.0 Å². The number of nitrogens with zero attached hydrogens (tertiary/aromatic N) is 12. The largest absolute Gasteiger partial charge is 0.373 e. The maximum Gasteiger partial charge on any atom is 0.229 e. The molecule has 9 heterocycles. The van der Waals surface area contributed by atoms with Gasteiger partial charge in [-0.25, -0.2) is 19.0 Å². The lowest BCUT2D eigenvalue weighted by Crippen LogP contribution is -2.50. The van der Waals surface area contributed by atoms with Crippen molar-refractivity contribution in [3.05, 3.63) is 173 Å². The first-order valence-corrected chi connectivity index (χ1v) is 24.8. The molecule has 3 aliphatic heterocycles. The average molecular weight is 1020 g/mol. The normalized spacial score (nSPS) is 15.6. The van der Waals surface area contributed by atoms with Gasteiger partial charge in [0.15, 0.2) is 0 Å². The van der Waals surface area contributed by atoms with Gasteiger partial charge in [-0.2, -0.15) is 20.7 Å². The average Bonchev–Trinajstić information content (AvgIpc) is 4.24. The summed E-state index contributed by atoms with van der Waals surface area (Å²) in [4.78, 5) is 43.8. The number of aromatic nitrogens is 6. The number of fused-ring (bicyclic) bond motifs is 2. The Kier molecular flexibility index (Phi) is 13.9. The smallest absolute Gasteiger partial charge is 0.229 e. The minimum atomic E-state index is -0.152. The Morgan fingerprint density at radius 3 is 1.50 bits per heavy atom. The first-order valence-electron chi connectivity index (χ1n) is 24.0. The number of piperazine rings is 2. The van der Waals surface area contributed by atoms with E-state index in [1.165, 1.54) is 0 Å². The summed E-state index contributed by atoms with van der Waals surface area (Å²) in [6.45, 7) is 10.7. The van der Waals surface area contributed by atoms with Gasteiger partial charge in [-0.05, 0) is 88.4 Å². The van der Waals surface area contributed by atoms with Crippen LogP contribution in [0.5, 0.6) is 0 Å². The summed E-state index contributed by atoms with van der Waals surface area (Å²) in [5, 5.41) is 27.8. The summed E-state index contributed by atoms with van der Waals surface area (Å²) in [6, 6.07) is 36.5. The quantitative estimate of drug-likeness (QED) is 0.136. The first kappa shape index (κ1) is 47.5. The highest BCUT2D eigenvalue weighted by molar-refractivity contribution is 9.10. The molecule has 0 N–H and O–H groups in total. The van der Waals surface area contributed by atoms with Crippen LogP contribution in [0.3, 0.4) is 0 Å². The summed E-state index contributed by atoms with van der Waals surface area (Å²) in [6.07, 6.45) is 12.7. The van der Waals surface area contributed by atoms with Gasteiger partial charge in [0.2, 0.25) is 11.8 Å². The molecule has 2 amide bonds. The van der Waals surface area contributed by atoms with Crippen LogP contribution in [-0.2, 0) is 14.3 Å². The van der Waals surface area contributed by atoms with Crippen molar-refractivity contribution in [2.24, 2.45) is 0 Å². The second kappa shape index (κ2) is 21.0. The van der Waals surface area contributed by atoms with Crippen molar-refractivity contribution in [3.63, 3.8) is 0 Å². The highest BCUT2D eigenvalue weighted by Crippen LogP contribution is 2.34. The lowest BCUT2D eigenvalue weighted by atomic mass is 9.99. The van der Waals surface area contributed by atoms with Crippen LogP contribution in [0.25, 0.3) is 38.9 Å². The number of anilines is 2. The number of benzene rings is 2. The maximum absolute atomic E-state index is 13.1. The molecule has 360 valence electrons. The van der Waals surface area contributed by atoms with Crippen LogP contribution in [0, 0.1) is 22.7 Å². The lowest BCUT2D eigenvalue weighted by molar-refractivity contribution is -0.133. The number of pyridine rings is 4. The van der Waals surface area contributed by atoms with Gasteiger partial charge < -0.3 is 24.3 Å². The van der Waals surface area contributed by atoms with Gasteiger partial charge in [0.05, 0.1) is 59.6 Å². The van der Waals surface area contributed by atoms with Crippen molar-refractivity contribution >= 4 is 56.0 Å². The Bertz CT molecular complexity index is 3360. The second-order valence-corrected chi connectivity index (χ2v) is 19.0. The number of ether oxygens (including phenoxy) is 1. The number of rotatable bonds is 9. The number of hydrogen-bond acceptors (Lipinski definition) is 11. The van der Waals surface area contributed by atoms with Gasteiger partial charge in [-0.3, -0.25) is 9.59 Å². The first-order chi connectivity index (χ1) is 35.2. The topological polar surface area (TPSA) is 164 Å². The van der Waals surface area contributed by atoms with E-state index in [0.29, 0.717) is 50.5 Å². The molecule has 2 atom stereocenters. The predicted molar refractivity (Wildman–Crippen MR) is 280 cm³/mol. The van der Waals surface area contributed by atoms with Crippen molar-refractivity contribution in [2.75, 3.05) is 75.4 Å². The minimum absolute atomic E-state index is 0.144. The Morgan fingerprint density at radius 2 is 1.07 bits per heavy atom. The number of carbonyl (C=O) groups is 2. The van der Waals surface area contributed by atoms with E-state index in [4.69, 9.17) is 14.7 Å². The maximum atomic E-state index is 13.1. The van der Waals surface area contributed by atoms with Gasteiger partial charge in [0.25, 0.3) is 0 Å². The molecule has 2 fully saturated rings. The van der Waals surface area contributed by atoms with E-state index in [9.17, 15) is 20.1 Å². The molecule has 0 spiro atoms. The van der Waals surface area contributed by atoms with Crippen molar-refractivity contribution in [1.29, 1.82) is 10.5 Å². The van der Waals surface area contributed by atoms with Crippen LogP contribution >= 0.6 is 15.9 Å². The third kappa shape index (κ3) is 9.79. The summed E-state index contributed by atoms with van der Waals surface area (Å²) in [7, 11) is 0. The lowest BCUT2D eigenvalue weighted by Gasteiger charge is -2.36. The fourth-order valence-electron chi connectivity index (χ4n) is 9.67. The van der Waals surface area contributed by atoms with Crippen LogP contribution in [0.4, 0.5) is 11.6 Å². The number of hydrogen-bond donors (Lipinski definition) is 0. The molecular formula is C56H51BrN12O3. The zero-order valence-electron chi connectivity index (χ0n) is 40.0. The van der Waals surface area contributed by atoms with Gasteiger partial charge in [-0.1, -0.05) is 66.7 Å². The molecule has 16 heteroatoms. The summed E-state index contributed by atoms with van der Waals surface area (Å²) < 4.78 is 9.87. The Balaban J connectivity index is 0.000000167. The molecule has 8 aromatic rings. The molecule has 3 aliphatic rings. The van der Waals surface area contributed by atoms with E-state index >= 15 is 0 Å². The molecule has 0 saturated carbocycles. The highest BCUT2D eigenvalue weighted by atomic mass is 79.9. The molecule has 0 radical (unpaired) electrons. The SMILES string of the molecule is C[C@@H](C(=O)N1CCN(c2ccc(-c3cc(Br)cn4ncc(C#N)c34)cn2)CC1)c1ccccc1.C[C@@H](C(=O)N1CCN(c2ccc(-c3cc(C4=CCOC4)cn4ncc(C#N)c34)cn2)CC1)c1ccccc1. The van der Waals surface area contributed by atoms with Gasteiger partial charge in [0, 0.05) is 104 Å². The van der Waals surface area contributed by atoms with Gasteiger partial charge in [-0.15, -0.1) is 0 Å². The zero-order valence-corrected chi connectivity index (χ0v) is 41.6. The number of halogens is 1. The van der Waals surface area contributed by atoms with E-state index in [1.54, 1.807) is 21.4 Å². The van der Waals surface area contributed by atoms with Crippen molar-refractivity contribution in [2.45, 2.75) is 25.7 Å². The molecule has 0 bridgehead atoms. The van der Waals surface area contributed by atoms with Crippen LogP contribution in [0.15, 0.2) is 145 Å². The third-order valence-corrected chi connectivity index (χ3v) is 14.2. The van der Waals surface area contributed by atoms with E-state index in [0.717, 1.165) is 97.8 Å². The Morgan fingerprint density at radius 1 is 0.597 bits per heavy atom. The minimum Gasteiger partial charge on any atom is -0.373 e. The summed E-state index contributed by atoms with van der Waals surface area (Å²) >= 11 is 3.53. The van der Waals surface area contributed by atoms with Crippen LogP contribution < -0.4 is 9.80 Å². The zero-order chi connectivity index (χ0) is 49.7. The van der Waals surface area contributed by atoms with E-state index in [1.807, 2.05) is 139 Å². The van der Waals surface area contributed by atoms with Crippen LogP contribution in [0.1, 0.15) is 53.5 Å². The van der Waals surface area contributed by atoms with Gasteiger partial charge >= 0.3 is 0 Å². The monoisotopic (exact) mass is 1020 g/mol.